The Bertz CT molecular complexity index is 683. The van der Waals surface area contributed by atoms with Gasteiger partial charge in [-0.3, -0.25) is 4.79 Å². The molecule has 116 valence electrons. The Morgan fingerprint density at radius 2 is 2.09 bits per heavy atom. The van der Waals surface area contributed by atoms with Crippen LogP contribution in [0, 0.1) is 0 Å². The molecule has 0 spiro atoms. The number of rotatable bonds is 5. The molecule has 1 aliphatic rings. The molecule has 0 aliphatic heterocycles. The molecule has 1 heterocycles. The number of amides is 1. The minimum Gasteiger partial charge on any atom is -0.336 e. The summed E-state index contributed by atoms with van der Waals surface area (Å²) in [6.45, 7) is 1.82. The van der Waals surface area contributed by atoms with E-state index in [1.807, 2.05) is 31.2 Å². The molecule has 0 radical (unpaired) electrons. The number of anilines is 1. The molecule has 1 aromatic heterocycles. The van der Waals surface area contributed by atoms with Crippen molar-refractivity contribution in [2.24, 2.45) is 0 Å². The van der Waals surface area contributed by atoms with Crippen molar-refractivity contribution >= 4 is 39.3 Å². The molecule has 1 saturated carbocycles. The van der Waals surface area contributed by atoms with Gasteiger partial charge in [-0.15, -0.1) is 10.2 Å². The van der Waals surface area contributed by atoms with Crippen molar-refractivity contribution in [3.63, 3.8) is 0 Å². The highest BCUT2D eigenvalue weighted by Gasteiger charge is 2.30. The molecule has 3 N–H and O–H groups in total. The fourth-order valence-electron chi connectivity index (χ4n) is 1.98. The van der Waals surface area contributed by atoms with Gasteiger partial charge in [0, 0.05) is 16.1 Å². The van der Waals surface area contributed by atoms with E-state index in [9.17, 15) is 4.79 Å². The van der Waals surface area contributed by atoms with Crippen LogP contribution in [-0.4, -0.2) is 26.0 Å². The van der Waals surface area contributed by atoms with E-state index in [1.54, 1.807) is 0 Å². The molecule has 1 atom stereocenters. The lowest BCUT2D eigenvalue weighted by molar-refractivity contribution is -0.115. The van der Waals surface area contributed by atoms with Crippen LogP contribution in [0.15, 0.2) is 33.9 Å². The zero-order chi connectivity index (χ0) is 15.7. The Morgan fingerprint density at radius 3 is 2.73 bits per heavy atom. The molecule has 8 heteroatoms. The van der Waals surface area contributed by atoms with Crippen molar-refractivity contribution in [1.82, 2.24) is 14.9 Å². The zero-order valence-electron chi connectivity index (χ0n) is 12.0. The summed E-state index contributed by atoms with van der Waals surface area (Å²) < 4.78 is 2.47. The molecule has 0 saturated heterocycles. The van der Waals surface area contributed by atoms with Crippen LogP contribution in [0.1, 0.15) is 31.5 Å². The number of carbonyl (C=O) groups is 1. The molecule has 2 aromatic rings. The van der Waals surface area contributed by atoms with E-state index < -0.39 is 0 Å². The Labute approximate surface area is 141 Å². The van der Waals surface area contributed by atoms with Gasteiger partial charge in [-0.1, -0.05) is 27.7 Å². The average molecular weight is 382 g/mol. The molecule has 1 amide bonds. The van der Waals surface area contributed by atoms with E-state index in [1.165, 1.54) is 16.4 Å². The van der Waals surface area contributed by atoms with Crippen LogP contribution in [-0.2, 0) is 4.79 Å². The molecule has 6 nitrogen and oxygen atoms in total. The van der Waals surface area contributed by atoms with Crippen LogP contribution < -0.4 is 11.2 Å². The molecule has 22 heavy (non-hydrogen) atoms. The third-order valence-corrected chi connectivity index (χ3v) is 4.98. The molecule has 1 aromatic carbocycles. The molecule has 3 rings (SSSR count). The van der Waals surface area contributed by atoms with Crippen LogP contribution in [0.5, 0.6) is 0 Å². The largest absolute Gasteiger partial charge is 0.336 e. The van der Waals surface area contributed by atoms with E-state index in [0.717, 1.165) is 28.8 Å². The number of carbonyl (C=O) groups excluding carboxylic acids is 1. The average Bonchev–Trinajstić information content (AvgIpc) is 3.27. The van der Waals surface area contributed by atoms with Gasteiger partial charge in [-0.2, -0.15) is 0 Å². The molecule has 0 bridgehead atoms. The second-order valence-electron chi connectivity index (χ2n) is 5.24. The minimum atomic E-state index is -0.317. The SMILES string of the molecule is C[C@@H](Sc1nnc(C2CC2)n1N)C(=O)Nc1ccc(Br)cc1. The van der Waals surface area contributed by atoms with Gasteiger partial charge in [-0.05, 0) is 44.0 Å². The maximum Gasteiger partial charge on any atom is 0.237 e. The maximum atomic E-state index is 12.2. The number of aromatic nitrogens is 3. The summed E-state index contributed by atoms with van der Waals surface area (Å²) in [6.07, 6.45) is 2.22. The first-order valence-corrected chi connectivity index (χ1v) is 8.65. The van der Waals surface area contributed by atoms with Gasteiger partial charge >= 0.3 is 0 Å². The summed E-state index contributed by atoms with van der Waals surface area (Å²) in [5.41, 5.74) is 0.758. The highest BCUT2D eigenvalue weighted by atomic mass is 79.9. The molecule has 1 aliphatic carbocycles. The second kappa shape index (κ2) is 6.29. The van der Waals surface area contributed by atoms with Gasteiger partial charge in [0.25, 0.3) is 0 Å². The summed E-state index contributed by atoms with van der Waals surface area (Å²) in [5, 5.41) is 11.3. The summed E-state index contributed by atoms with van der Waals surface area (Å²) in [5.74, 6) is 7.14. The smallest absolute Gasteiger partial charge is 0.237 e. The molecule has 0 unspecified atom stereocenters. The number of nitrogens with two attached hydrogens (primary N) is 1. The summed E-state index contributed by atoms with van der Waals surface area (Å²) in [7, 11) is 0. The Morgan fingerprint density at radius 1 is 1.41 bits per heavy atom. The van der Waals surface area contributed by atoms with E-state index in [0.29, 0.717) is 11.1 Å². The number of nitrogens with zero attached hydrogens (tertiary/aromatic N) is 3. The number of halogens is 1. The predicted octanol–water partition coefficient (Wildman–Crippen LogP) is 2.75. The number of benzene rings is 1. The van der Waals surface area contributed by atoms with Crippen LogP contribution in [0.2, 0.25) is 0 Å². The van der Waals surface area contributed by atoms with Crippen molar-refractivity contribution in [3.05, 3.63) is 34.6 Å². The third-order valence-electron chi connectivity index (χ3n) is 3.40. The van der Waals surface area contributed by atoms with Gasteiger partial charge in [-0.25, -0.2) is 4.68 Å². The highest BCUT2D eigenvalue weighted by Crippen LogP contribution is 2.39. The Hall–Kier alpha value is -1.54. The van der Waals surface area contributed by atoms with E-state index in [4.69, 9.17) is 5.84 Å². The quantitative estimate of drug-likeness (QED) is 0.614. The summed E-state index contributed by atoms with van der Waals surface area (Å²) in [4.78, 5) is 12.2. The molecular formula is C14H16BrN5OS. The first kappa shape index (κ1) is 15.4. The predicted molar refractivity (Wildman–Crippen MR) is 90.2 cm³/mol. The number of hydrogen-bond acceptors (Lipinski definition) is 5. The number of thioether (sulfide) groups is 1. The first-order chi connectivity index (χ1) is 10.5. The first-order valence-electron chi connectivity index (χ1n) is 6.98. The van der Waals surface area contributed by atoms with Crippen molar-refractivity contribution in [2.45, 2.75) is 36.1 Å². The lowest BCUT2D eigenvalue weighted by Gasteiger charge is -2.11. The van der Waals surface area contributed by atoms with Gasteiger partial charge in [0.1, 0.15) is 0 Å². The highest BCUT2D eigenvalue weighted by molar-refractivity contribution is 9.10. The standard InChI is InChI=1S/C14H16BrN5OS/c1-8(13(21)17-11-6-4-10(15)5-7-11)22-14-19-18-12(20(14)16)9-2-3-9/h4-9H,2-3,16H2,1H3,(H,17,21)/t8-/m1/s1. The Balaban J connectivity index is 1.62. The van der Waals surface area contributed by atoms with Crippen molar-refractivity contribution in [1.29, 1.82) is 0 Å². The topological polar surface area (TPSA) is 85.8 Å². The lowest BCUT2D eigenvalue weighted by atomic mass is 10.3. The lowest BCUT2D eigenvalue weighted by Crippen LogP contribution is -2.23. The van der Waals surface area contributed by atoms with Crippen LogP contribution in [0.25, 0.3) is 0 Å². The van der Waals surface area contributed by atoms with Crippen molar-refractivity contribution < 1.29 is 4.79 Å². The Kier molecular flexibility index (Phi) is 4.39. The third kappa shape index (κ3) is 3.44. The maximum absolute atomic E-state index is 12.2. The van der Waals surface area contributed by atoms with Gasteiger partial charge in [0.15, 0.2) is 5.82 Å². The van der Waals surface area contributed by atoms with Crippen LogP contribution >= 0.6 is 27.7 Å². The van der Waals surface area contributed by atoms with Gasteiger partial charge in [0.05, 0.1) is 5.25 Å². The fraction of sp³-hybridized carbons (Fsp3) is 0.357. The van der Waals surface area contributed by atoms with Gasteiger partial charge < -0.3 is 11.2 Å². The van der Waals surface area contributed by atoms with E-state index in [-0.39, 0.29) is 11.2 Å². The molecule has 1 fully saturated rings. The minimum absolute atomic E-state index is 0.0942. The monoisotopic (exact) mass is 381 g/mol. The summed E-state index contributed by atoms with van der Waals surface area (Å²) in [6, 6.07) is 7.45. The van der Waals surface area contributed by atoms with E-state index >= 15 is 0 Å². The van der Waals surface area contributed by atoms with Crippen LogP contribution in [0.4, 0.5) is 5.69 Å². The fourth-order valence-corrected chi connectivity index (χ4v) is 3.02. The second-order valence-corrected chi connectivity index (χ2v) is 7.46. The van der Waals surface area contributed by atoms with Crippen molar-refractivity contribution in [2.75, 3.05) is 11.2 Å². The zero-order valence-corrected chi connectivity index (χ0v) is 14.4. The molecular weight excluding hydrogens is 366 g/mol. The van der Waals surface area contributed by atoms with E-state index in [2.05, 4.69) is 31.4 Å². The number of nitrogens with one attached hydrogen (secondary N) is 1. The number of nitrogen functional groups attached to an aromatic ring is 1. The van der Waals surface area contributed by atoms with Crippen molar-refractivity contribution in [3.8, 4) is 0 Å². The number of hydrogen-bond donors (Lipinski definition) is 2. The van der Waals surface area contributed by atoms with Crippen LogP contribution in [0.3, 0.4) is 0 Å². The summed E-state index contributed by atoms with van der Waals surface area (Å²) >= 11 is 4.67. The van der Waals surface area contributed by atoms with Gasteiger partial charge in [0.2, 0.25) is 11.1 Å². The normalized spacial score (nSPS) is 15.5.